The van der Waals surface area contributed by atoms with Gasteiger partial charge in [-0.2, -0.15) is 0 Å². The van der Waals surface area contributed by atoms with Crippen LogP contribution >= 0.6 is 0 Å². The fraction of sp³-hybridized carbons (Fsp3) is 0.500. The smallest absolute Gasteiger partial charge is 0.244 e. The van der Waals surface area contributed by atoms with Crippen LogP contribution in [0.15, 0.2) is 24.3 Å². The molecule has 2 amide bonds. The van der Waals surface area contributed by atoms with Crippen LogP contribution < -0.4 is 5.32 Å². The summed E-state index contributed by atoms with van der Waals surface area (Å²) in [5, 5.41) is 2.68. The third-order valence-electron chi connectivity index (χ3n) is 3.30. The Balaban J connectivity index is 2.55. The number of nitrogens with one attached hydrogen (secondary N) is 1. The third-order valence-corrected chi connectivity index (χ3v) is 3.30. The van der Waals surface area contributed by atoms with Crippen LogP contribution in [0, 0.1) is 5.82 Å². The molecule has 6 heteroatoms. The Bertz CT molecular complexity index is 520. The summed E-state index contributed by atoms with van der Waals surface area (Å²) in [5.74, 6) is -0.661. The minimum absolute atomic E-state index is 0.151. The van der Waals surface area contributed by atoms with E-state index in [1.165, 1.54) is 17.0 Å². The highest BCUT2D eigenvalue weighted by Gasteiger charge is 2.18. The fourth-order valence-corrected chi connectivity index (χ4v) is 2.11. The zero-order valence-electron chi connectivity index (χ0n) is 13.6. The van der Waals surface area contributed by atoms with Gasteiger partial charge in [0.25, 0.3) is 0 Å². The van der Waals surface area contributed by atoms with Gasteiger partial charge >= 0.3 is 0 Å². The second kappa shape index (κ2) is 8.48. The number of amides is 2. The van der Waals surface area contributed by atoms with E-state index in [1.807, 2.05) is 17.9 Å². The molecule has 1 N–H and O–H groups in total. The molecular weight excluding hydrogens is 285 g/mol. The number of halogens is 1. The second-order valence-corrected chi connectivity index (χ2v) is 5.46. The molecule has 0 saturated carbocycles. The summed E-state index contributed by atoms with van der Waals surface area (Å²) in [7, 11) is 3.29. The number of hydrogen-bond donors (Lipinski definition) is 1. The number of carbonyl (C=O) groups is 2. The van der Waals surface area contributed by atoms with Gasteiger partial charge in [-0.3, -0.25) is 14.5 Å². The van der Waals surface area contributed by atoms with E-state index in [2.05, 4.69) is 5.32 Å². The van der Waals surface area contributed by atoms with Crippen LogP contribution in [0.25, 0.3) is 0 Å². The summed E-state index contributed by atoms with van der Waals surface area (Å²) >= 11 is 0. The van der Waals surface area contributed by atoms with Crippen LogP contribution in [0.3, 0.4) is 0 Å². The first-order chi connectivity index (χ1) is 10.3. The highest BCUT2D eigenvalue weighted by molar-refractivity contribution is 5.87. The molecule has 0 aliphatic rings. The molecule has 0 aliphatic carbocycles. The monoisotopic (exact) mass is 309 g/mol. The maximum Gasteiger partial charge on any atom is 0.244 e. The Labute approximate surface area is 131 Å². The lowest BCUT2D eigenvalue weighted by atomic mass is 10.2. The standard InChI is InChI=1S/C16H24FN3O2/c1-5-20(10-13-7-6-8-14(17)9-13)11-15(21)18-12(2)16(22)19(3)4/h6-9,12H,5,10-11H2,1-4H3,(H,18,21). The number of likely N-dealkylation sites (N-methyl/N-ethyl adjacent to an activating group) is 2. The van der Waals surface area contributed by atoms with Gasteiger partial charge in [-0.05, 0) is 31.2 Å². The van der Waals surface area contributed by atoms with Gasteiger partial charge in [0.15, 0.2) is 0 Å². The van der Waals surface area contributed by atoms with Gasteiger partial charge in [-0.15, -0.1) is 0 Å². The molecule has 0 fully saturated rings. The van der Waals surface area contributed by atoms with Crippen molar-refractivity contribution in [2.24, 2.45) is 0 Å². The maximum absolute atomic E-state index is 13.2. The molecule has 0 aliphatic heterocycles. The van der Waals surface area contributed by atoms with E-state index in [0.717, 1.165) is 5.56 Å². The van der Waals surface area contributed by atoms with E-state index in [4.69, 9.17) is 0 Å². The van der Waals surface area contributed by atoms with Crippen LogP contribution in [0.5, 0.6) is 0 Å². The van der Waals surface area contributed by atoms with Crippen molar-refractivity contribution >= 4 is 11.8 Å². The van der Waals surface area contributed by atoms with E-state index in [1.54, 1.807) is 27.1 Å². The van der Waals surface area contributed by atoms with E-state index >= 15 is 0 Å². The molecule has 0 heterocycles. The van der Waals surface area contributed by atoms with Crippen LogP contribution in [0.2, 0.25) is 0 Å². The van der Waals surface area contributed by atoms with Gasteiger partial charge in [0.05, 0.1) is 6.54 Å². The average Bonchev–Trinajstić information content (AvgIpc) is 2.45. The van der Waals surface area contributed by atoms with Gasteiger partial charge in [0.1, 0.15) is 11.9 Å². The van der Waals surface area contributed by atoms with Crippen molar-refractivity contribution in [3.63, 3.8) is 0 Å². The summed E-state index contributed by atoms with van der Waals surface area (Å²) in [6, 6.07) is 5.76. The first-order valence-corrected chi connectivity index (χ1v) is 7.30. The zero-order valence-corrected chi connectivity index (χ0v) is 13.6. The lowest BCUT2D eigenvalue weighted by molar-refractivity contribution is -0.134. The average molecular weight is 309 g/mol. The lowest BCUT2D eigenvalue weighted by Crippen LogP contribution is -2.47. The van der Waals surface area contributed by atoms with Gasteiger partial charge in [0, 0.05) is 20.6 Å². The van der Waals surface area contributed by atoms with Crippen LogP contribution in [0.4, 0.5) is 4.39 Å². The van der Waals surface area contributed by atoms with Crippen molar-refractivity contribution in [3.05, 3.63) is 35.6 Å². The Morgan fingerprint density at radius 1 is 1.32 bits per heavy atom. The number of carbonyl (C=O) groups excluding carboxylic acids is 2. The van der Waals surface area contributed by atoms with Gasteiger partial charge in [0.2, 0.25) is 11.8 Å². The van der Waals surface area contributed by atoms with Crippen LogP contribution in [-0.4, -0.2) is 54.8 Å². The molecule has 0 spiro atoms. The number of hydrogen-bond acceptors (Lipinski definition) is 3. The quantitative estimate of drug-likeness (QED) is 0.824. The summed E-state index contributed by atoms with van der Waals surface area (Å²) in [5.41, 5.74) is 0.812. The lowest BCUT2D eigenvalue weighted by Gasteiger charge is -2.22. The normalized spacial score (nSPS) is 12.1. The van der Waals surface area contributed by atoms with Crippen LogP contribution in [0.1, 0.15) is 19.4 Å². The number of benzene rings is 1. The molecule has 122 valence electrons. The molecule has 0 aromatic heterocycles. The number of rotatable bonds is 7. The van der Waals surface area contributed by atoms with Gasteiger partial charge in [-0.1, -0.05) is 19.1 Å². The van der Waals surface area contributed by atoms with Crippen molar-refractivity contribution in [1.29, 1.82) is 0 Å². The third kappa shape index (κ3) is 5.81. The maximum atomic E-state index is 13.2. The van der Waals surface area contributed by atoms with Crippen molar-refractivity contribution in [2.75, 3.05) is 27.2 Å². The van der Waals surface area contributed by atoms with Crippen molar-refractivity contribution in [1.82, 2.24) is 15.1 Å². The predicted molar refractivity (Wildman–Crippen MR) is 83.6 cm³/mol. The summed E-state index contributed by atoms with van der Waals surface area (Å²) in [6.45, 7) is 4.89. The first-order valence-electron chi connectivity index (χ1n) is 7.30. The molecule has 0 bridgehead atoms. The Kier molecular flexibility index (Phi) is 6.98. The SMILES string of the molecule is CCN(CC(=O)NC(C)C(=O)N(C)C)Cc1cccc(F)c1. The minimum atomic E-state index is -0.560. The van der Waals surface area contributed by atoms with E-state index < -0.39 is 6.04 Å². The molecule has 1 aromatic carbocycles. The van der Waals surface area contributed by atoms with Crippen LogP contribution in [-0.2, 0) is 16.1 Å². The molecule has 1 rings (SSSR count). The molecule has 1 atom stereocenters. The van der Waals surface area contributed by atoms with Gasteiger partial charge < -0.3 is 10.2 Å². The summed E-state index contributed by atoms with van der Waals surface area (Å²) < 4.78 is 13.2. The molecule has 0 radical (unpaired) electrons. The highest BCUT2D eigenvalue weighted by Crippen LogP contribution is 2.07. The van der Waals surface area contributed by atoms with Crippen molar-refractivity contribution < 1.29 is 14.0 Å². The molecule has 5 nitrogen and oxygen atoms in total. The largest absolute Gasteiger partial charge is 0.347 e. The van der Waals surface area contributed by atoms with Crippen molar-refractivity contribution in [2.45, 2.75) is 26.4 Å². The molecule has 0 saturated heterocycles. The first kappa shape index (κ1) is 18.1. The van der Waals surface area contributed by atoms with E-state index in [9.17, 15) is 14.0 Å². The minimum Gasteiger partial charge on any atom is -0.347 e. The molecule has 1 unspecified atom stereocenters. The Morgan fingerprint density at radius 3 is 2.55 bits per heavy atom. The summed E-state index contributed by atoms with van der Waals surface area (Å²) in [6.07, 6.45) is 0. The molecule has 1 aromatic rings. The summed E-state index contributed by atoms with van der Waals surface area (Å²) in [4.78, 5) is 27.1. The Hall–Kier alpha value is -1.95. The number of nitrogens with zero attached hydrogens (tertiary/aromatic N) is 2. The topological polar surface area (TPSA) is 52.7 Å². The highest BCUT2D eigenvalue weighted by atomic mass is 19.1. The second-order valence-electron chi connectivity index (χ2n) is 5.46. The molecular formula is C16H24FN3O2. The van der Waals surface area contributed by atoms with E-state index in [0.29, 0.717) is 13.1 Å². The van der Waals surface area contributed by atoms with Crippen molar-refractivity contribution in [3.8, 4) is 0 Å². The Morgan fingerprint density at radius 2 is 2.00 bits per heavy atom. The fourth-order valence-electron chi connectivity index (χ4n) is 2.11. The van der Waals surface area contributed by atoms with E-state index in [-0.39, 0.29) is 24.2 Å². The predicted octanol–water partition coefficient (Wildman–Crippen LogP) is 1.24. The molecule has 22 heavy (non-hydrogen) atoms. The zero-order chi connectivity index (χ0) is 16.7. The van der Waals surface area contributed by atoms with Gasteiger partial charge in [-0.25, -0.2) is 4.39 Å².